The molecule has 9 heteroatoms. The number of carbonyl (C=O) groups excluding carboxylic acids is 1. The van der Waals surface area contributed by atoms with Crippen molar-refractivity contribution in [3.63, 3.8) is 0 Å². The highest BCUT2D eigenvalue weighted by Crippen LogP contribution is 2.36. The molecular formula is C35H43N7O2. The Kier molecular flexibility index (Phi) is 8.72. The minimum Gasteiger partial charge on any atom is -0.463 e. The molecule has 9 nitrogen and oxygen atoms in total. The van der Waals surface area contributed by atoms with Crippen LogP contribution >= 0.6 is 0 Å². The molecule has 2 aromatic carbocycles. The Hall–Kier alpha value is -4.16. The number of carbonyl (C=O) groups is 1. The van der Waals surface area contributed by atoms with E-state index in [1.54, 1.807) is 4.90 Å². The van der Waals surface area contributed by atoms with Gasteiger partial charge in [0.2, 0.25) is 12.5 Å². The van der Waals surface area contributed by atoms with E-state index in [2.05, 4.69) is 83.5 Å². The molecule has 2 fully saturated rings. The molecule has 1 amide bonds. The van der Waals surface area contributed by atoms with Gasteiger partial charge in [-0.2, -0.15) is 9.97 Å². The average molecular weight is 594 g/mol. The predicted molar refractivity (Wildman–Crippen MR) is 175 cm³/mol. The normalized spacial score (nSPS) is 21.8. The van der Waals surface area contributed by atoms with Gasteiger partial charge in [-0.25, -0.2) is 6.57 Å². The molecule has 3 aliphatic rings. The zero-order chi connectivity index (χ0) is 30.8. The number of fused-ring (bicyclic) bond motifs is 2. The first-order valence-electron chi connectivity index (χ1n) is 15.8. The largest absolute Gasteiger partial charge is 0.463 e. The van der Waals surface area contributed by atoms with Gasteiger partial charge >= 0.3 is 6.01 Å². The molecule has 230 valence electrons. The van der Waals surface area contributed by atoms with Crippen molar-refractivity contribution in [2.24, 2.45) is 5.92 Å². The zero-order valence-corrected chi connectivity index (χ0v) is 26.2. The van der Waals surface area contributed by atoms with E-state index in [-0.39, 0.29) is 18.5 Å². The van der Waals surface area contributed by atoms with Crippen LogP contribution in [0.15, 0.2) is 49.1 Å². The standard InChI is InChI=1S/C35H43N7O2/c1-6-32(43)42-18-17-41(21-28(42)20-36-3)34-29-15-16-40(31-12-8-11-26-10-7-9-24(2)33(26)31)22-30(29)37-35(38-34)44-23-25-13-14-27(19-25)39(4)5/h6-12,25,27-28H,1,13-23H2,2,4-5H3. The minimum atomic E-state index is -0.220. The number of piperazine rings is 1. The van der Waals surface area contributed by atoms with Crippen LogP contribution in [0.2, 0.25) is 0 Å². The van der Waals surface area contributed by atoms with Gasteiger partial charge in [0.25, 0.3) is 0 Å². The average Bonchev–Trinajstić information content (AvgIpc) is 3.52. The number of amides is 1. The van der Waals surface area contributed by atoms with Crippen LogP contribution in [0.1, 0.15) is 36.1 Å². The second-order valence-electron chi connectivity index (χ2n) is 12.7. The summed E-state index contributed by atoms with van der Waals surface area (Å²) in [5.74, 6) is 1.25. The summed E-state index contributed by atoms with van der Waals surface area (Å²) in [6, 6.07) is 13.8. The van der Waals surface area contributed by atoms with Crippen LogP contribution < -0.4 is 14.5 Å². The van der Waals surface area contributed by atoms with Crippen LogP contribution in [-0.2, 0) is 17.8 Å². The first-order chi connectivity index (χ1) is 21.4. The highest BCUT2D eigenvalue weighted by Gasteiger charge is 2.35. The maximum absolute atomic E-state index is 12.6. The fourth-order valence-electron chi connectivity index (χ4n) is 7.27. The Balaban J connectivity index is 1.32. The second kappa shape index (κ2) is 12.8. The monoisotopic (exact) mass is 593 g/mol. The van der Waals surface area contributed by atoms with Gasteiger partial charge < -0.3 is 29.2 Å². The maximum atomic E-state index is 12.6. The van der Waals surface area contributed by atoms with E-state index >= 15 is 0 Å². The van der Waals surface area contributed by atoms with Crippen LogP contribution in [0, 0.1) is 19.4 Å². The third-order valence-electron chi connectivity index (χ3n) is 9.69. The summed E-state index contributed by atoms with van der Waals surface area (Å²) < 4.78 is 6.38. The molecule has 0 N–H and O–H groups in total. The van der Waals surface area contributed by atoms with E-state index in [1.165, 1.54) is 34.5 Å². The lowest BCUT2D eigenvalue weighted by molar-refractivity contribution is -0.128. The first-order valence-corrected chi connectivity index (χ1v) is 15.8. The highest BCUT2D eigenvalue weighted by molar-refractivity contribution is 5.97. The Morgan fingerprint density at radius 3 is 2.70 bits per heavy atom. The summed E-state index contributed by atoms with van der Waals surface area (Å²) in [5, 5.41) is 2.52. The van der Waals surface area contributed by atoms with E-state index in [9.17, 15) is 4.79 Å². The molecule has 2 aliphatic heterocycles. The summed E-state index contributed by atoms with van der Waals surface area (Å²) in [6.07, 6.45) is 5.61. The van der Waals surface area contributed by atoms with Crippen molar-refractivity contribution >= 4 is 28.2 Å². The van der Waals surface area contributed by atoms with Crippen molar-refractivity contribution in [1.82, 2.24) is 19.8 Å². The SMILES string of the molecule is [C-]#[N+]CC1CN(c2nc(OCC3CCC(N(C)C)C3)nc3c2CCN(c2cccc4cccc(C)c24)C3)CCN1C(=O)C=C. The fourth-order valence-corrected chi connectivity index (χ4v) is 7.27. The van der Waals surface area contributed by atoms with Crippen LogP contribution in [-0.4, -0.2) is 91.2 Å². The van der Waals surface area contributed by atoms with Gasteiger partial charge in [0.15, 0.2) is 0 Å². The topological polar surface area (TPSA) is 69.4 Å². The summed E-state index contributed by atoms with van der Waals surface area (Å²) in [5.41, 5.74) is 4.62. The molecule has 1 aromatic heterocycles. The van der Waals surface area contributed by atoms with Gasteiger partial charge in [0.05, 0.1) is 18.8 Å². The number of aromatic nitrogens is 2. The van der Waals surface area contributed by atoms with Crippen molar-refractivity contribution in [3.8, 4) is 6.01 Å². The van der Waals surface area contributed by atoms with Gasteiger partial charge in [-0.05, 0) is 75.7 Å². The lowest BCUT2D eigenvalue weighted by atomic mass is 9.99. The number of nitrogens with zero attached hydrogens (tertiary/aromatic N) is 7. The molecule has 1 saturated carbocycles. The number of benzene rings is 2. The maximum Gasteiger partial charge on any atom is 0.318 e. The van der Waals surface area contributed by atoms with Gasteiger partial charge in [-0.3, -0.25) is 4.79 Å². The van der Waals surface area contributed by atoms with E-state index < -0.39 is 0 Å². The predicted octanol–water partition coefficient (Wildman–Crippen LogP) is 4.73. The summed E-state index contributed by atoms with van der Waals surface area (Å²) >= 11 is 0. The summed E-state index contributed by atoms with van der Waals surface area (Å²) in [7, 11) is 4.30. The van der Waals surface area contributed by atoms with Crippen molar-refractivity contribution in [2.45, 2.75) is 51.2 Å². The third kappa shape index (κ3) is 5.96. The molecule has 3 heterocycles. The van der Waals surface area contributed by atoms with Crippen molar-refractivity contribution in [3.05, 3.63) is 77.3 Å². The molecule has 3 unspecified atom stereocenters. The number of rotatable bonds is 8. The second-order valence-corrected chi connectivity index (χ2v) is 12.7. The Labute approximate surface area is 260 Å². The lowest BCUT2D eigenvalue weighted by Gasteiger charge is -2.41. The number of hydrogen-bond donors (Lipinski definition) is 0. The Morgan fingerprint density at radius 2 is 1.95 bits per heavy atom. The van der Waals surface area contributed by atoms with Crippen molar-refractivity contribution in [2.75, 3.05) is 63.2 Å². The summed E-state index contributed by atoms with van der Waals surface area (Å²) in [4.78, 5) is 35.1. The number of aryl methyl sites for hydroxylation is 1. The molecule has 0 spiro atoms. The number of anilines is 2. The molecule has 6 rings (SSSR count). The van der Waals surface area contributed by atoms with Crippen LogP contribution in [0.5, 0.6) is 6.01 Å². The minimum absolute atomic E-state index is 0.124. The van der Waals surface area contributed by atoms with Crippen molar-refractivity contribution in [1.29, 1.82) is 0 Å². The van der Waals surface area contributed by atoms with Crippen LogP contribution in [0.4, 0.5) is 11.5 Å². The smallest absolute Gasteiger partial charge is 0.318 e. The van der Waals surface area contributed by atoms with E-state index in [0.29, 0.717) is 50.8 Å². The molecule has 1 saturated heterocycles. The number of ether oxygens (including phenoxy) is 1. The molecule has 3 aromatic rings. The Morgan fingerprint density at radius 1 is 1.14 bits per heavy atom. The van der Waals surface area contributed by atoms with E-state index in [1.807, 2.05) is 0 Å². The van der Waals surface area contributed by atoms with Crippen LogP contribution in [0.3, 0.4) is 0 Å². The summed E-state index contributed by atoms with van der Waals surface area (Å²) in [6.45, 7) is 17.5. The highest BCUT2D eigenvalue weighted by atomic mass is 16.5. The van der Waals surface area contributed by atoms with E-state index in [4.69, 9.17) is 21.3 Å². The Bertz CT molecular complexity index is 1580. The quantitative estimate of drug-likeness (QED) is 0.276. The first kappa shape index (κ1) is 29.9. The van der Waals surface area contributed by atoms with Gasteiger partial charge in [-0.1, -0.05) is 36.9 Å². The van der Waals surface area contributed by atoms with Crippen molar-refractivity contribution < 1.29 is 9.53 Å². The molecule has 3 atom stereocenters. The van der Waals surface area contributed by atoms with Gasteiger partial charge in [-0.15, -0.1) is 0 Å². The van der Waals surface area contributed by atoms with E-state index in [0.717, 1.165) is 42.9 Å². The molecule has 1 aliphatic carbocycles. The van der Waals surface area contributed by atoms with Gasteiger partial charge in [0.1, 0.15) is 11.9 Å². The molecule has 0 radical (unpaired) electrons. The van der Waals surface area contributed by atoms with Crippen LogP contribution in [0.25, 0.3) is 15.6 Å². The third-order valence-corrected chi connectivity index (χ3v) is 9.69. The zero-order valence-electron chi connectivity index (χ0n) is 26.2. The lowest BCUT2D eigenvalue weighted by Crippen LogP contribution is -2.56. The molecule has 44 heavy (non-hydrogen) atoms. The fraction of sp³-hybridized carbons (Fsp3) is 0.486. The molecular weight excluding hydrogens is 550 g/mol. The molecule has 0 bridgehead atoms. The number of hydrogen-bond acceptors (Lipinski definition) is 7. The van der Waals surface area contributed by atoms with Gasteiger partial charge in [0, 0.05) is 48.9 Å².